The molecule has 4 bridgehead atoms. The number of nitrogens with zero attached hydrogens (tertiary/aromatic N) is 5. The van der Waals surface area contributed by atoms with Crippen molar-refractivity contribution in [2.24, 2.45) is 23.7 Å². The molecule has 1 aliphatic heterocycles. The number of ether oxygens (including phenoxy) is 1. The van der Waals surface area contributed by atoms with Crippen molar-refractivity contribution in [1.29, 1.82) is 0 Å². The average Bonchev–Trinajstić information content (AvgIpc) is 3.72. The molecule has 3 heterocycles. The summed E-state index contributed by atoms with van der Waals surface area (Å²) >= 11 is 0. The average molecular weight is 722 g/mol. The van der Waals surface area contributed by atoms with Gasteiger partial charge in [-0.15, -0.1) is 0 Å². The Hall–Kier alpha value is -5.75. The van der Waals surface area contributed by atoms with E-state index in [-0.39, 0.29) is 5.41 Å². The molecular weight excluding hydrogens is 675 g/mol. The molecule has 55 heavy (non-hydrogen) atoms. The van der Waals surface area contributed by atoms with Crippen LogP contribution in [0.3, 0.4) is 0 Å². The monoisotopic (exact) mass is 721 g/mol. The number of para-hydroxylation sites is 3. The van der Waals surface area contributed by atoms with E-state index >= 15 is 0 Å². The Balaban J connectivity index is 1.01. The molecule has 7 aromatic rings. The predicted molar refractivity (Wildman–Crippen MR) is 226 cm³/mol. The third kappa shape index (κ3) is 5.03. The first kappa shape index (κ1) is 32.7. The third-order valence-electron chi connectivity index (χ3n) is 13.7. The van der Waals surface area contributed by atoms with Gasteiger partial charge >= 0.3 is 0 Å². The van der Waals surface area contributed by atoms with Crippen molar-refractivity contribution < 1.29 is 4.74 Å². The lowest BCUT2D eigenvalue weighted by molar-refractivity contribution is -0.0418. The molecule has 0 unspecified atom stereocenters. The van der Waals surface area contributed by atoms with Gasteiger partial charge in [-0.3, -0.25) is 4.57 Å². The molecule has 4 fully saturated rings. The van der Waals surface area contributed by atoms with Gasteiger partial charge in [0.2, 0.25) is 0 Å². The SMILES string of the molecule is CN(C)c1ccc(C2(c3ccnc(-n4c5ccccc5c5ccc(Oc6cccc(N7CN(C)c8ccccc87)c6)cc54)c3)C3CC4CC(C3)CC2C4)cc1. The predicted octanol–water partition coefficient (Wildman–Crippen LogP) is 11.3. The molecule has 2 aromatic heterocycles. The van der Waals surface area contributed by atoms with Crippen LogP contribution in [0.2, 0.25) is 0 Å². The van der Waals surface area contributed by atoms with Crippen molar-refractivity contribution in [2.75, 3.05) is 42.5 Å². The van der Waals surface area contributed by atoms with Crippen molar-refractivity contribution in [2.45, 2.75) is 37.5 Å². The van der Waals surface area contributed by atoms with Gasteiger partial charge in [-0.2, -0.15) is 0 Å². The Labute approximate surface area is 323 Å². The lowest BCUT2D eigenvalue weighted by Gasteiger charge is -2.62. The second kappa shape index (κ2) is 12.4. The molecule has 12 rings (SSSR count). The summed E-state index contributed by atoms with van der Waals surface area (Å²) in [4.78, 5) is 12.0. The fraction of sp³-hybridized carbons (Fsp3) is 0.286. The minimum absolute atomic E-state index is 0.0152. The van der Waals surface area contributed by atoms with E-state index in [1.165, 1.54) is 71.1 Å². The minimum Gasteiger partial charge on any atom is -0.457 e. The summed E-state index contributed by atoms with van der Waals surface area (Å²) in [6.45, 7) is 0.798. The lowest BCUT2D eigenvalue weighted by atomic mass is 9.42. The zero-order valence-corrected chi connectivity index (χ0v) is 31.9. The van der Waals surface area contributed by atoms with E-state index in [1.807, 2.05) is 0 Å². The molecule has 0 atom stereocenters. The standard InChI is InChI=1S/C49H47N5O/c1-51(2)38-17-15-34(16-18-38)49(36-24-32-23-33(26-36)27-37(49)25-32)35-21-22-50-48(28-35)54-44-12-5-4-11-42(44)43-20-19-41(30-47(43)54)55-40-10-8-9-39(29-40)53-31-52(3)45-13-6-7-14-46(45)53/h4-22,28-30,32-33,36-37H,23-27,31H2,1-3H3. The summed E-state index contributed by atoms with van der Waals surface area (Å²) < 4.78 is 9.06. The molecule has 0 spiro atoms. The fourth-order valence-corrected chi connectivity index (χ4v) is 11.6. The Morgan fingerprint density at radius 2 is 1.35 bits per heavy atom. The molecule has 5 aliphatic rings. The molecule has 0 radical (unpaired) electrons. The summed E-state index contributed by atoms with van der Waals surface area (Å²) in [5, 5.41) is 2.42. The van der Waals surface area contributed by atoms with Gasteiger partial charge in [0.1, 0.15) is 17.3 Å². The van der Waals surface area contributed by atoms with Gasteiger partial charge in [0.25, 0.3) is 0 Å². The highest BCUT2D eigenvalue weighted by Gasteiger charge is 2.58. The molecule has 4 aliphatic carbocycles. The van der Waals surface area contributed by atoms with E-state index in [0.29, 0.717) is 11.8 Å². The van der Waals surface area contributed by atoms with Gasteiger partial charge < -0.3 is 19.4 Å². The number of anilines is 4. The van der Waals surface area contributed by atoms with Crippen LogP contribution in [0.25, 0.3) is 27.6 Å². The number of hydrogen-bond donors (Lipinski definition) is 0. The van der Waals surface area contributed by atoms with Crippen LogP contribution >= 0.6 is 0 Å². The summed E-state index contributed by atoms with van der Waals surface area (Å²) in [6.07, 6.45) is 8.84. The van der Waals surface area contributed by atoms with Crippen molar-refractivity contribution in [3.8, 4) is 17.3 Å². The molecular formula is C49H47N5O. The van der Waals surface area contributed by atoms with Crippen LogP contribution in [0.15, 0.2) is 134 Å². The van der Waals surface area contributed by atoms with Gasteiger partial charge in [-0.25, -0.2) is 4.98 Å². The van der Waals surface area contributed by atoms with E-state index in [0.717, 1.165) is 52.5 Å². The largest absolute Gasteiger partial charge is 0.457 e. The molecule has 6 heteroatoms. The van der Waals surface area contributed by atoms with Crippen LogP contribution in [0, 0.1) is 23.7 Å². The van der Waals surface area contributed by atoms with E-state index in [2.05, 4.69) is 174 Å². The maximum Gasteiger partial charge on any atom is 0.137 e. The first-order chi connectivity index (χ1) is 26.9. The summed E-state index contributed by atoms with van der Waals surface area (Å²) in [7, 11) is 6.41. The van der Waals surface area contributed by atoms with Crippen molar-refractivity contribution in [3.05, 3.63) is 145 Å². The van der Waals surface area contributed by atoms with Crippen LogP contribution in [0.5, 0.6) is 11.5 Å². The number of fused-ring (bicyclic) bond motifs is 4. The highest BCUT2D eigenvalue weighted by molar-refractivity contribution is 6.09. The second-order valence-corrected chi connectivity index (χ2v) is 16.9. The minimum atomic E-state index is -0.0152. The van der Waals surface area contributed by atoms with E-state index < -0.39 is 0 Å². The second-order valence-electron chi connectivity index (χ2n) is 16.9. The highest BCUT2D eigenvalue weighted by Crippen LogP contribution is 2.65. The normalized spacial score (nSPS) is 23.8. The van der Waals surface area contributed by atoms with E-state index in [9.17, 15) is 0 Å². The molecule has 5 aromatic carbocycles. The molecule has 6 nitrogen and oxygen atoms in total. The van der Waals surface area contributed by atoms with Crippen LogP contribution in [0.1, 0.15) is 43.2 Å². The van der Waals surface area contributed by atoms with E-state index in [4.69, 9.17) is 9.72 Å². The van der Waals surface area contributed by atoms with E-state index in [1.54, 1.807) is 0 Å². The molecule has 274 valence electrons. The zero-order chi connectivity index (χ0) is 36.8. The molecule has 0 N–H and O–H groups in total. The topological polar surface area (TPSA) is 36.8 Å². The van der Waals surface area contributed by atoms with Crippen LogP contribution in [0.4, 0.5) is 22.7 Å². The molecule has 4 saturated carbocycles. The summed E-state index contributed by atoms with van der Waals surface area (Å²) in [6, 6.07) is 46.6. The van der Waals surface area contributed by atoms with Crippen LogP contribution in [-0.2, 0) is 5.41 Å². The summed E-state index contributed by atoms with van der Waals surface area (Å²) in [5.74, 6) is 5.64. The van der Waals surface area contributed by atoms with Crippen molar-refractivity contribution >= 4 is 44.6 Å². The highest BCUT2D eigenvalue weighted by atomic mass is 16.5. The molecule has 0 amide bonds. The Bertz CT molecular complexity index is 2560. The van der Waals surface area contributed by atoms with Crippen molar-refractivity contribution in [1.82, 2.24) is 9.55 Å². The summed E-state index contributed by atoms with van der Waals surface area (Å²) in [5.41, 5.74) is 9.96. The smallest absolute Gasteiger partial charge is 0.137 e. The number of benzene rings is 5. The third-order valence-corrected chi connectivity index (χ3v) is 13.7. The Kier molecular flexibility index (Phi) is 7.36. The fourth-order valence-electron chi connectivity index (χ4n) is 11.6. The Morgan fingerprint density at radius 3 is 2.13 bits per heavy atom. The number of aromatic nitrogens is 2. The van der Waals surface area contributed by atoms with Gasteiger partial charge in [-0.1, -0.05) is 48.5 Å². The maximum absolute atomic E-state index is 6.69. The first-order valence-electron chi connectivity index (χ1n) is 20.1. The number of pyridine rings is 1. The van der Waals surface area contributed by atoms with Crippen molar-refractivity contribution in [3.63, 3.8) is 0 Å². The Morgan fingerprint density at radius 1 is 0.636 bits per heavy atom. The molecule has 0 saturated heterocycles. The van der Waals surface area contributed by atoms with Gasteiger partial charge in [0.05, 0.1) is 29.1 Å². The number of hydrogen-bond acceptors (Lipinski definition) is 5. The first-order valence-corrected chi connectivity index (χ1v) is 20.1. The maximum atomic E-state index is 6.69. The quantitative estimate of drug-likeness (QED) is 0.164. The van der Waals surface area contributed by atoms with Gasteiger partial charge in [-0.05, 0) is 134 Å². The number of rotatable bonds is 7. The lowest BCUT2D eigenvalue weighted by Crippen LogP contribution is -2.56. The van der Waals surface area contributed by atoms with Crippen LogP contribution < -0.4 is 19.4 Å². The van der Waals surface area contributed by atoms with Gasteiger partial charge in [0, 0.05) is 67.0 Å². The van der Waals surface area contributed by atoms with Gasteiger partial charge in [0.15, 0.2) is 0 Å². The zero-order valence-electron chi connectivity index (χ0n) is 31.9. The van der Waals surface area contributed by atoms with Crippen LogP contribution in [-0.4, -0.2) is 37.4 Å².